The highest BCUT2D eigenvalue weighted by Crippen LogP contribution is 2.14. The first kappa shape index (κ1) is 15.5. The Balaban J connectivity index is 1.77. The first-order chi connectivity index (χ1) is 10.1. The first-order valence-electron chi connectivity index (χ1n) is 5.90. The third kappa shape index (κ3) is 5.52. The zero-order chi connectivity index (χ0) is 15.1. The second-order valence-electron chi connectivity index (χ2n) is 3.83. The van der Waals surface area contributed by atoms with Gasteiger partial charge in [0.05, 0.1) is 5.75 Å². The van der Waals surface area contributed by atoms with Gasteiger partial charge in [-0.25, -0.2) is 14.8 Å². The SMILES string of the molecule is O=C(CSc1ncccn1)NC(=O)Nc1ccc(Br)cc1. The summed E-state index contributed by atoms with van der Waals surface area (Å²) in [7, 11) is 0. The van der Waals surface area contributed by atoms with E-state index in [0.29, 0.717) is 10.8 Å². The molecular formula is C13H11BrN4O2S. The maximum absolute atomic E-state index is 11.6. The van der Waals surface area contributed by atoms with Gasteiger partial charge < -0.3 is 5.32 Å². The lowest BCUT2D eigenvalue weighted by Crippen LogP contribution is -2.35. The second-order valence-corrected chi connectivity index (χ2v) is 5.69. The molecule has 1 aromatic heterocycles. The first-order valence-corrected chi connectivity index (χ1v) is 7.67. The summed E-state index contributed by atoms with van der Waals surface area (Å²) in [5.74, 6) is -0.348. The van der Waals surface area contributed by atoms with Crippen LogP contribution in [0.4, 0.5) is 10.5 Å². The number of rotatable bonds is 4. The molecule has 0 saturated carbocycles. The van der Waals surface area contributed by atoms with Gasteiger partial charge in [-0.05, 0) is 30.3 Å². The lowest BCUT2D eigenvalue weighted by atomic mass is 10.3. The van der Waals surface area contributed by atoms with Gasteiger partial charge in [-0.15, -0.1) is 0 Å². The highest BCUT2D eigenvalue weighted by molar-refractivity contribution is 9.10. The molecule has 108 valence electrons. The van der Waals surface area contributed by atoms with Gasteiger partial charge in [-0.2, -0.15) is 0 Å². The van der Waals surface area contributed by atoms with Crippen LogP contribution in [0.25, 0.3) is 0 Å². The average molecular weight is 367 g/mol. The molecule has 8 heteroatoms. The molecule has 6 nitrogen and oxygen atoms in total. The number of anilines is 1. The summed E-state index contributed by atoms with van der Waals surface area (Å²) in [5, 5.41) is 5.29. The molecule has 0 unspecified atom stereocenters. The van der Waals surface area contributed by atoms with E-state index in [1.165, 1.54) is 0 Å². The number of nitrogens with one attached hydrogen (secondary N) is 2. The minimum Gasteiger partial charge on any atom is -0.308 e. The number of aromatic nitrogens is 2. The number of benzene rings is 1. The number of halogens is 1. The van der Waals surface area contributed by atoms with Crippen LogP contribution in [0.1, 0.15) is 0 Å². The fourth-order valence-electron chi connectivity index (χ4n) is 1.35. The number of carbonyl (C=O) groups excluding carboxylic acids is 2. The summed E-state index contributed by atoms with van der Waals surface area (Å²) >= 11 is 4.46. The normalized spacial score (nSPS) is 9.95. The molecule has 21 heavy (non-hydrogen) atoms. The molecule has 0 aliphatic heterocycles. The summed E-state index contributed by atoms with van der Waals surface area (Å²) in [6.07, 6.45) is 3.18. The molecule has 0 fully saturated rings. The van der Waals surface area contributed by atoms with Crippen molar-refractivity contribution in [3.05, 3.63) is 47.2 Å². The Morgan fingerprint density at radius 3 is 2.48 bits per heavy atom. The Kier molecular flexibility index (Phi) is 5.70. The molecule has 2 aromatic rings. The molecule has 3 amide bonds. The predicted molar refractivity (Wildman–Crippen MR) is 84.1 cm³/mol. The van der Waals surface area contributed by atoms with Crippen LogP contribution in [0.2, 0.25) is 0 Å². The molecule has 2 rings (SSSR count). The predicted octanol–water partition coefficient (Wildman–Crippen LogP) is 2.68. The second kappa shape index (κ2) is 7.75. The van der Waals surface area contributed by atoms with Crippen LogP contribution in [-0.4, -0.2) is 27.7 Å². The maximum atomic E-state index is 11.6. The van der Waals surface area contributed by atoms with Gasteiger partial charge in [0.1, 0.15) is 0 Å². The van der Waals surface area contributed by atoms with E-state index in [2.05, 4.69) is 36.5 Å². The smallest absolute Gasteiger partial charge is 0.308 e. The van der Waals surface area contributed by atoms with E-state index in [9.17, 15) is 9.59 Å². The Morgan fingerprint density at radius 1 is 1.14 bits per heavy atom. The summed E-state index contributed by atoms with van der Waals surface area (Å²) in [6, 6.07) is 8.15. The molecule has 0 bridgehead atoms. The zero-order valence-corrected chi connectivity index (χ0v) is 13.1. The van der Waals surface area contributed by atoms with Crippen molar-refractivity contribution in [1.82, 2.24) is 15.3 Å². The number of hydrogen-bond donors (Lipinski definition) is 2. The van der Waals surface area contributed by atoms with Crippen molar-refractivity contribution in [3.8, 4) is 0 Å². The van der Waals surface area contributed by atoms with Crippen LogP contribution in [0, 0.1) is 0 Å². The van der Waals surface area contributed by atoms with E-state index in [4.69, 9.17) is 0 Å². The Hall–Kier alpha value is -1.93. The number of thioether (sulfide) groups is 1. The number of nitrogens with zero attached hydrogens (tertiary/aromatic N) is 2. The highest BCUT2D eigenvalue weighted by atomic mass is 79.9. The van der Waals surface area contributed by atoms with E-state index in [1.807, 2.05) is 0 Å². The van der Waals surface area contributed by atoms with Crippen molar-refractivity contribution in [2.75, 3.05) is 11.1 Å². The van der Waals surface area contributed by atoms with Crippen LogP contribution in [0.15, 0.2) is 52.4 Å². The van der Waals surface area contributed by atoms with Gasteiger partial charge >= 0.3 is 6.03 Å². The third-order valence-corrected chi connectivity index (χ3v) is 3.63. The van der Waals surface area contributed by atoms with Gasteiger partial charge in [0, 0.05) is 22.6 Å². The van der Waals surface area contributed by atoms with E-state index in [1.54, 1.807) is 42.7 Å². The molecule has 2 N–H and O–H groups in total. The Labute approximate surface area is 133 Å². The lowest BCUT2D eigenvalue weighted by Gasteiger charge is -2.06. The molecule has 0 spiro atoms. The highest BCUT2D eigenvalue weighted by Gasteiger charge is 2.09. The molecule has 0 aliphatic rings. The molecule has 0 atom stereocenters. The number of hydrogen-bond acceptors (Lipinski definition) is 5. The van der Waals surface area contributed by atoms with Crippen LogP contribution in [0.5, 0.6) is 0 Å². The zero-order valence-electron chi connectivity index (χ0n) is 10.7. The van der Waals surface area contributed by atoms with Crippen molar-refractivity contribution in [2.24, 2.45) is 0 Å². The van der Waals surface area contributed by atoms with Crippen LogP contribution < -0.4 is 10.6 Å². The van der Waals surface area contributed by atoms with Crippen LogP contribution in [0.3, 0.4) is 0 Å². The van der Waals surface area contributed by atoms with Gasteiger partial charge in [-0.3, -0.25) is 10.1 Å². The molecule has 0 radical (unpaired) electrons. The summed E-state index contributed by atoms with van der Waals surface area (Å²) in [5.41, 5.74) is 0.600. The van der Waals surface area contributed by atoms with E-state index < -0.39 is 11.9 Å². The van der Waals surface area contributed by atoms with Gasteiger partial charge in [0.25, 0.3) is 0 Å². The Morgan fingerprint density at radius 2 is 1.81 bits per heavy atom. The Bertz CT molecular complexity index is 622. The summed E-state index contributed by atoms with van der Waals surface area (Å²) in [6.45, 7) is 0. The molecule has 1 aromatic carbocycles. The van der Waals surface area contributed by atoms with E-state index in [-0.39, 0.29) is 5.75 Å². The lowest BCUT2D eigenvalue weighted by molar-refractivity contribution is -0.117. The number of amides is 3. The standard InChI is InChI=1S/C13H11BrN4O2S/c14-9-2-4-10(5-3-9)17-12(20)18-11(19)8-21-13-15-6-1-7-16-13/h1-7H,8H2,(H2,17,18,19,20). The van der Waals surface area contributed by atoms with Crippen molar-refractivity contribution >= 4 is 45.3 Å². The van der Waals surface area contributed by atoms with E-state index in [0.717, 1.165) is 16.2 Å². The van der Waals surface area contributed by atoms with Gasteiger partial charge in [0.15, 0.2) is 5.16 Å². The van der Waals surface area contributed by atoms with Crippen LogP contribution in [-0.2, 0) is 4.79 Å². The van der Waals surface area contributed by atoms with Gasteiger partial charge in [-0.1, -0.05) is 27.7 Å². The van der Waals surface area contributed by atoms with Crippen molar-refractivity contribution < 1.29 is 9.59 Å². The van der Waals surface area contributed by atoms with E-state index >= 15 is 0 Å². The van der Waals surface area contributed by atoms with Crippen LogP contribution >= 0.6 is 27.7 Å². The summed E-state index contributed by atoms with van der Waals surface area (Å²) < 4.78 is 0.906. The molecular weight excluding hydrogens is 356 g/mol. The summed E-state index contributed by atoms with van der Waals surface area (Å²) in [4.78, 5) is 31.2. The molecule has 1 heterocycles. The minimum atomic E-state index is -0.572. The topological polar surface area (TPSA) is 84.0 Å². The monoisotopic (exact) mass is 366 g/mol. The minimum absolute atomic E-state index is 0.0672. The van der Waals surface area contributed by atoms with Gasteiger partial charge in [0.2, 0.25) is 5.91 Å². The fourth-order valence-corrected chi connectivity index (χ4v) is 2.22. The number of carbonyl (C=O) groups is 2. The van der Waals surface area contributed by atoms with Crippen molar-refractivity contribution in [2.45, 2.75) is 5.16 Å². The van der Waals surface area contributed by atoms with Crippen molar-refractivity contribution in [1.29, 1.82) is 0 Å². The average Bonchev–Trinajstić information content (AvgIpc) is 2.48. The number of urea groups is 1. The molecule has 0 saturated heterocycles. The largest absolute Gasteiger partial charge is 0.325 e. The number of imide groups is 1. The molecule has 0 aliphatic carbocycles. The maximum Gasteiger partial charge on any atom is 0.325 e. The quantitative estimate of drug-likeness (QED) is 0.641. The fraction of sp³-hybridized carbons (Fsp3) is 0.0769. The third-order valence-electron chi connectivity index (χ3n) is 2.23. The van der Waals surface area contributed by atoms with Crippen molar-refractivity contribution in [3.63, 3.8) is 0 Å².